The van der Waals surface area contributed by atoms with Crippen LogP contribution in [0, 0.1) is 0 Å². The van der Waals surface area contributed by atoms with Gasteiger partial charge in [0.1, 0.15) is 0 Å². The van der Waals surface area contributed by atoms with Crippen molar-refractivity contribution in [2.24, 2.45) is 0 Å². The van der Waals surface area contributed by atoms with Gasteiger partial charge >= 0.3 is 321 Å². The Bertz CT molecular complexity index is 468. The number of unbranched alkanes of at least 4 members (excludes halogenated alkanes) is 36. The van der Waals surface area contributed by atoms with Crippen LogP contribution in [0.3, 0.4) is 0 Å². The summed E-state index contributed by atoms with van der Waals surface area (Å²) < 4.78 is 7.05. The quantitative estimate of drug-likeness (QED) is 0.0542. The zero-order valence-electron chi connectivity index (χ0n) is 35.6. The van der Waals surface area contributed by atoms with Crippen molar-refractivity contribution in [3.8, 4) is 0 Å². The van der Waals surface area contributed by atoms with Crippen LogP contribution in [0.2, 0.25) is 16.5 Å². The molecule has 296 valence electrons. The molecule has 0 unspecified atom stereocenters. The first-order valence-corrected chi connectivity index (χ1v) is 31.2. The first-order valence-electron chi connectivity index (χ1n) is 24.2. The molecule has 49 heavy (non-hydrogen) atoms. The van der Waals surface area contributed by atoms with E-state index in [1.165, 1.54) is 205 Å². The summed E-state index contributed by atoms with van der Waals surface area (Å²) in [5.41, 5.74) is 0. The third-order valence-electron chi connectivity index (χ3n) is 12.2. The Balaban J connectivity index is 4.87. The van der Waals surface area contributed by atoms with Crippen molar-refractivity contribution in [2.45, 2.75) is 301 Å². The van der Waals surface area contributed by atoms with Crippen LogP contribution in [0.4, 0.5) is 0 Å². The summed E-state index contributed by atoms with van der Waals surface area (Å²) in [6.07, 6.45) is 60.1. The van der Waals surface area contributed by atoms with Crippen molar-refractivity contribution in [2.75, 3.05) is 0 Å². The van der Waals surface area contributed by atoms with Crippen LogP contribution in [-0.4, -0.2) is 0 Å². The summed E-state index contributed by atoms with van der Waals surface area (Å²) in [5, 5.41) is 0. The maximum absolute atomic E-state index is 2.34. The molecule has 0 aromatic heterocycles. The van der Waals surface area contributed by atoms with Gasteiger partial charge in [-0.2, -0.15) is 0 Å². The molecule has 0 aromatic rings. The number of hydrogen-bond acceptors (Lipinski definition) is 0. The second-order valence-electron chi connectivity index (χ2n) is 17.2. The molecule has 0 atom stereocenters. The fraction of sp³-hybridized carbons (Fsp3) is 1.00. The Hall–Kier alpha value is 0.883. The summed E-state index contributed by atoms with van der Waals surface area (Å²) in [6.45, 7) is 9.37. The van der Waals surface area contributed by atoms with E-state index in [0.29, 0.717) is 0 Å². The van der Waals surface area contributed by atoms with Crippen molar-refractivity contribution in [3.05, 3.63) is 0 Å². The van der Waals surface area contributed by atoms with Gasteiger partial charge in [-0.15, -0.1) is 0 Å². The average Bonchev–Trinajstić information content (AvgIpc) is 3.11. The predicted octanol–water partition coefficient (Wildman–Crippen LogP) is 19.5. The molecule has 0 amide bonds. The van der Waals surface area contributed by atoms with Gasteiger partial charge in [0.25, 0.3) is 0 Å². The number of rotatable bonds is 44. The molecule has 0 aromatic carbocycles. The maximum atomic E-state index is 2.34. The van der Waals surface area contributed by atoms with Gasteiger partial charge in [-0.1, -0.05) is 0 Å². The molecule has 0 spiro atoms. The van der Waals surface area contributed by atoms with E-state index >= 15 is 0 Å². The Morgan fingerprint density at radius 1 is 0.163 bits per heavy atom. The van der Waals surface area contributed by atoms with Gasteiger partial charge in [0, 0.05) is 0 Å². The SMILES string of the molecule is CCCCCCCCCCC[CH2][Zr]([CH2]CCCCCCCCCCC)([CH2]CCCCCCCCCCC)[CH2]CCCCCCCCCCC. The second-order valence-corrected chi connectivity index (χ2v) is 29.5. The summed E-state index contributed by atoms with van der Waals surface area (Å²) in [5.74, 6) is 0. The van der Waals surface area contributed by atoms with Gasteiger partial charge in [0.15, 0.2) is 0 Å². The molecule has 0 saturated carbocycles. The van der Waals surface area contributed by atoms with Crippen molar-refractivity contribution < 1.29 is 20.3 Å². The molecular formula is C48H100Zr. The van der Waals surface area contributed by atoms with E-state index in [1.807, 2.05) is 0 Å². The topological polar surface area (TPSA) is 0 Å². The molecule has 0 N–H and O–H groups in total. The van der Waals surface area contributed by atoms with Gasteiger partial charge in [0.2, 0.25) is 0 Å². The monoisotopic (exact) mass is 767 g/mol. The Kier molecular flexibility index (Phi) is 44.1. The zero-order valence-corrected chi connectivity index (χ0v) is 38.1. The molecule has 0 rings (SSSR count). The molecule has 0 heterocycles. The van der Waals surface area contributed by atoms with Crippen LogP contribution >= 0.6 is 0 Å². The first kappa shape index (κ1) is 49.9. The Morgan fingerprint density at radius 3 is 0.429 bits per heavy atom. The third-order valence-corrected chi connectivity index (χ3v) is 26.1. The Labute approximate surface area is 319 Å². The molecule has 0 aliphatic rings. The van der Waals surface area contributed by atoms with E-state index < -0.39 is 20.3 Å². The van der Waals surface area contributed by atoms with Crippen LogP contribution in [0.15, 0.2) is 0 Å². The second kappa shape index (κ2) is 43.3. The van der Waals surface area contributed by atoms with Gasteiger partial charge in [-0.3, -0.25) is 0 Å². The van der Waals surface area contributed by atoms with E-state index in [0.717, 1.165) is 0 Å². The summed E-state index contributed by atoms with van der Waals surface area (Å²) in [7, 11) is 0. The summed E-state index contributed by atoms with van der Waals surface area (Å²) in [4.78, 5) is 0. The van der Waals surface area contributed by atoms with E-state index in [1.54, 1.807) is 67.9 Å². The average molecular weight is 769 g/mol. The molecule has 0 fully saturated rings. The van der Waals surface area contributed by atoms with Crippen molar-refractivity contribution >= 4 is 0 Å². The predicted molar refractivity (Wildman–Crippen MR) is 227 cm³/mol. The normalized spacial score (nSPS) is 12.0. The molecular weight excluding hydrogens is 668 g/mol. The molecule has 0 bridgehead atoms. The van der Waals surface area contributed by atoms with E-state index in [9.17, 15) is 0 Å². The third kappa shape index (κ3) is 38.4. The minimum absolute atomic E-state index is 1.38. The first-order chi connectivity index (χ1) is 24.2. The van der Waals surface area contributed by atoms with Crippen molar-refractivity contribution in [1.29, 1.82) is 0 Å². The molecule has 0 aliphatic carbocycles. The summed E-state index contributed by atoms with van der Waals surface area (Å²) in [6, 6.07) is 0. The standard InChI is InChI=1S/4C12H25.Zr/c4*1-3-5-7-9-11-12-10-8-6-4-2;/h4*1,3-12H2,2H3;. The van der Waals surface area contributed by atoms with Gasteiger partial charge < -0.3 is 0 Å². The van der Waals surface area contributed by atoms with Crippen LogP contribution in [0.5, 0.6) is 0 Å². The van der Waals surface area contributed by atoms with Gasteiger partial charge in [-0.25, -0.2) is 0 Å². The molecule has 0 radical (unpaired) electrons. The van der Waals surface area contributed by atoms with Crippen LogP contribution < -0.4 is 0 Å². The zero-order chi connectivity index (χ0) is 35.6. The van der Waals surface area contributed by atoms with Crippen molar-refractivity contribution in [1.82, 2.24) is 0 Å². The van der Waals surface area contributed by atoms with E-state index in [4.69, 9.17) is 0 Å². The van der Waals surface area contributed by atoms with Crippen LogP contribution in [0.25, 0.3) is 0 Å². The molecule has 0 nitrogen and oxygen atoms in total. The fourth-order valence-electron chi connectivity index (χ4n) is 8.70. The Morgan fingerprint density at radius 2 is 0.286 bits per heavy atom. The van der Waals surface area contributed by atoms with Crippen molar-refractivity contribution in [3.63, 3.8) is 0 Å². The molecule has 0 saturated heterocycles. The molecule has 0 aliphatic heterocycles. The van der Waals surface area contributed by atoms with Gasteiger partial charge in [0.05, 0.1) is 0 Å². The van der Waals surface area contributed by atoms with Crippen LogP contribution in [0.1, 0.15) is 285 Å². The fourth-order valence-corrected chi connectivity index (χ4v) is 22.2. The van der Waals surface area contributed by atoms with E-state index in [-0.39, 0.29) is 0 Å². The van der Waals surface area contributed by atoms with E-state index in [2.05, 4.69) is 27.7 Å². The number of hydrogen-bond donors (Lipinski definition) is 0. The minimum atomic E-state index is -2.09. The molecule has 1 heteroatoms. The van der Waals surface area contributed by atoms with Crippen LogP contribution in [-0.2, 0) is 20.3 Å². The van der Waals surface area contributed by atoms with Gasteiger partial charge in [-0.05, 0) is 0 Å². The summed E-state index contributed by atoms with van der Waals surface area (Å²) >= 11 is -2.09.